The van der Waals surface area contributed by atoms with Crippen LogP contribution in [0.3, 0.4) is 0 Å². The molecule has 0 bridgehead atoms. The second-order valence-corrected chi connectivity index (χ2v) is 3.57. The molecular weight excluding hydrogens is 148 g/mol. The minimum absolute atomic E-state index is 0.478. The van der Waals surface area contributed by atoms with Gasteiger partial charge in [-0.2, -0.15) is 0 Å². The Hall–Kier alpha value is -0.820. The first-order valence-electron chi connectivity index (χ1n) is 4.47. The lowest BCUT2D eigenvalue weighted by Gasteiger charge is -1.97. The van der Waals surface area contributed by atoms with Crippen LogP contribution in [0.15, 0.2) is 24.3 Å². The molecule has 0 aromatic heterocycles. The number of hydrogen-bond acceptors (Lipinski definition) is 1. The Morgan fingerprint density at radius 3 is 2.33 bits per heavy atom. The Balaban J connectivity index is 2.00. The van der Waals surface area contributed by atoms with Gasteiger partial charge >= 0.3 is 0 Å². The third-order valence-electron chi connectivity index (χ3n) is 2.39. The van der Waals surface area contributed by atoms with Crippen molar-refractivity contribution in [1.82, 2.24) is 0 Å². The van der Waals surface area contributed by atoms with Crippen molar-refractivity contribution in [3.63, 3.8) is 0 Å². The Morgan fingerprint density at radius 2 is 1.83 bits per heavy atom. The first-order chi connectivity index (χ1) is 5.75. The van der Waals surface area contributed by atoms with Crippen molar-refractivity contribution >= 4 is 0 Å². The second-order valence-electron chi connectivity index (χ2n) is 3.57. The summed E-state index contributed by atoms with van der Waals surface area (Å²) < 4.78 is 5.35. The summed E-state index contributed by atoms with van der Waals surface area (Å²) in [6.45, 7) is 4.24. The fourth-order valence-corrected chi connectivity index (χ4v) is 1.40. The number of ether oxygens (including phenoxy) is 1. The summed E-state index contributed by atoms with van der Waals surface area (Å²) in [4.78, 5) is 0. The van der Waals surface area contributed by atoms with E-state index in [4.69, 9.17) is 4.74 Å². The van der Waals surface area contributed by atoms with Gasteiger partial charge in [0.15, 0.2) is 0 Å². The zero-order valence-corrected chi connectivity index (χ0v) is 7.58. The number of rotatable bonds is 2. The Labute approximate surface area is 73.4 Å². The van der Waals surface area contributed by atoms with E-state index in [1.165, 1.54) is 11.1 Å². The lowest BCUT2D eigenvalue weighted by atomic mass is 10.1. The molecule has 0 amide bonds. The van der Waals surface area contributed by atoms with Crippen LogP contribution in [0, 0.1) is 6.92 Å². The number of hydrogen-bond donors (Lipinski definition) is 0. The molecule has 0 aliphatic carbocycles. The molecule has 1 heterocycles. The van der Waals surface area contributed by atoms with E-state index in [1.807, 2.05) is 0 Å². The van der Waals surface area contributed by atoms with Gasteiger partial charge in [0.2, 0.25) is 0 Å². The van der Waals surface area contributed by atoms with Crippen LogP contribution >= 0.6 is 0 Å². The lowest BCUT2D eigenvalue weighted by molar-refractivity contribution is 0.378. The normalized spacial score (nSPS) is 27.2. The van der Waals surface area contributed by atoms with E-state index < -0.39 is 0 Å². The third-order valence-corrected chi connectivity index (χ3v) is 2.39. The molecule has 12 heavy (non-hydrogen) atoms. The highest BCUT2D eigenvalue weighted by molar-refractivity contribution is 5.22. The minimum Gasteiger partial charge on any atom is -0.370 e. The predicted molar refractivity (Wildman–Crippen MR) is 49.2 cm³/mol. The smallest absolute Gasteiger partial charge is 0.0879 e. The maximum atomic E-state index is 5.35. The highest BCUT2D eigenvalue weighted by atomic mass is 16.6. The van der Waals surface area contributed by atoms with Crippen LogP contribution in [0.25, 0.3) is 0 Å². The standard InChI is InChI=1S/C11H14O/c1-8-3-5-10(6-4-8)7-11-9(2)12-11/h3-6,9,11H,7H2,1-2H3. The SMILES string of the molecule is Cc1ccc(CC2OC2C)cc1. The molecule has 1 aliphatic heterocycles. The first kappa shape index (κ1) is 7.81. The van der Waals surface area contributed by atoms with E-state index >= 15 is 0 Å². The van der Waals surface area contributed by atoms with E-state index in [9.17, 15) is 0 Å². The van der Waals surface area contributed by atoms with Crippen molar-refractivity contribution in [2.24, 2.45) is 0 Å². The van der Waals surface area contributed by atoms with Crippen LogP contribution in [0.1, 0.15) is 18.1 Å². The summed E-state index contributed by atoms with van der Waals surface area (Å²) >= 11 is 0. The Morgan fingerprint density at radius 1 is 1.25 bits per heavy atom. The summed E-state index contributed by atoms with van der Waals surface area (Å²) in [7, 11) is 0. The van der Waals surface area contributed by atoms with Crippen LogP contribution in [-0.2, 0) is 11.2 Å². The third kappa shape index (κ3) is 1.67. The molecule has 1 fully saturated rings. The van der Waals surface area contributed by atoms with E-state index in [0.717, 1.165) is 6.42 Å². The molecule has 0 radical (unpaired) electrons. The van der Waals surface area contributed by atoms with Gasteiger partial charge in [-0.05, 0) is 19.4 Å². The molecule has 1 aliphatic rings. The molecule has 1 heteroatoms. The molecule has 1 aromatic rings. The van der Waals surface area contributed by atoms with E-state index in [1.54, 1.807) is 0 Å². The molecular formula is C11H14O. The first-order valence-corrected chi connectivity index (χ1v) is 4.47. The maximum absolute atomic E-state index is 5.35. The van der Waals surface area contributed by atoms with Gasteiger partial charge in [-0.25, -0.2) is 0 Å². The highest BCUT2D eigenvalue weighted by Gasteiger charge is 2.33. The summed E-state index contributed by atoms with van der Waals surface area (Å²) in [5.74, 6) is 0. The molecule has 2 atom stereocenters. The molecule has 1 saturated heterocycles. The summed E-state index contributed by atoms with van der Waals surface area (Å²) in [5.41, 5.74) is 2.71. The fourth-order valence-electron chi connectivity index (χ4n) is 1.40. The minimum atomic E-state index is 0.478. The van der Waals surface area contributed by atoms with Crippen LogP contribution in [0.2, 0.25) is 0 Å². The van der Waals surface area contributed by atoms with Crippen molar-refractivity contribution in [2.75, 3.05) is 0 Å². The van der Waals surface area contributed by atoms with Crippen LogP contribution < -0.4 is 0 Å². The topological polar surface area (TPSA) is 12.5 Å². The molecule has 1 aromatic carbocycles. The molecule has 64 valence electrons. The zero-order valence-electron chi connectivity index (χ0n) is 7.58. The van der Waals surface area contributed by atoms with E-state index in [2.05, 4.69) is 38.1 Å². The van der Waals surface area contributed by atoms with Gasteiger partial charge in [0, 0.05) is 6.42 Å². The summed E-state index contributed by atoms with van der Waals surface area (Å²) in [6.07, 6.45) is 2.03. The fraction of sp³-hybridized carbons (Fsp3) is 0.455. The molecule has 1 nitrogen and oxygen atoms in total. The van der Waals surface area contributed by atoms with Crippen molar-refractivity contribution in [2.45, 2.75) is 32.5 Å². The van der Waals surface area contributed by atoms with Crippen LogP contribution in [0.4, 0.5) is 0 Å². The lowest BCUT2D eigenvalue weighted by Crippen LogP contribution is -1.95. The quantitative estimate of drug-likeness (QED) is 0.608. The Kier molecular flexibility index (Phi) is 1.89. The van der Waals surface area contributed by atoms with Gasteiger partial charge in [-0.3, -0.25) is 0 Å². The zero-order chi connectivity index (χ0) is 8.55. The van der Waals surface area contributed by atoms with Crippen molar-refractivity contribution < 1.29 is 4.74 Å². The van der Waals surface area contributed by atoms with E-state index in [0.29, 0.717) is 12.2 Å². The summed E-state index contributed by atoms with van der Waals surface area (Å²) in [6, 6.07) is 8.68. The molecule has 0 spiro atoms. The monoisotopic (exact) mass is 162 g/mol. The van der Waals surface area contributed by atoms with Gasteiger partial charge in [0.05, 0.1) is 12.2 Å². The largest absolute Gasteiger partial charge is 0.370 e. The van der Waals surface area contributed by atoms with E-state index in [-0.39, 0.29) is 0 Å². The molecule has 2 unspecified atom stereocenters. The molecule has 2 rings (SSSR count). The molecule has 0 saturated carbocycles. The Bertz CT molecular complexity index is 263. The maximum Gasteiger partial charge on any atom is 0.0879 e. The number of aryl methyl sites for hydroxylation is 1. The second kappa shape index (κ2) is 2.91. The predicted octanol–water partition coefficient (Wildman–Crippen LogP) is 2.32. The van der Waals surface area contributed by atoms with Crippen molar-refractivity contribution in [3.8, 4) is 0 Å². The number of epoxide rings is 1. The van der Waals surface area contributed by atoms with Gasteiger partial charge < -0.3 is 4.74 Å². The average molecular weight is 162 g/mol. The average Bonchev–Trinajstić information content (AvgIpc) is 2.72. The number of benzene rings is 1. The van der Waals surface area contributed by atoms with Gasteiger partial charge in [-0.1, -0.05) is 29.8 Å². The van der Waals surface area contributed by atoms with Crippen LogP contribution in [-0.4, -0.2) is 12.2 Å². The van der Waals surface area contributed by atoms with Gasteiger partial charge in [0.1, 0.15) is 0 Å². The van der Waals surface area contributed by atoms with Crippen molar-refractivity contribution in [1.29, 1.82) is 0 Å². The van der Waals surface area contributed by atoms with Crippen molar-refractivity contribution in [3.05, 3.63) is 35.4 Å². The summed E-state index contributed by atoms with van der Waals surface area (Å²) in [5, 5.41) is 0. The van der Waals surface area contributed by atoms with Gasteiger partial charge in [-0.15, -0.1) is 0 Å². The molecule has 0 N–H and O–H groups in total. The van der Waals surface area contributed by atoms with Crippen LogP contribution in [0.5, 0.6) is 0 Å². The highest BCUT2D eigenvalue weighted by Crippen LogP contribution is 2.24. The van der Waals surface area contributed by atoms with Gasteiger partial charge in [0.25, 0.3) is 0 Å².